The Balaban J connectivity index is 2.39. The fraction of sp³-hybridized carbons (Fsp3) is 0.357. The minimum absolute atomic E-state index is 0.274. The number of esters is 1. The van der Waals surface area contributed by atoms with E-state index in [-0.39, 0.29) is 6.54 Å². The lowest BCUT2D eigenvalue weighted by atomic mass is 10.4. The van der Waals surface area contributed by atoms with Crippen molar-refractivity contribution in [2.75, 3.05) is 26.2 Å². The van der Waals surface area contributed by atoms with E-state index in [4.69, 9.17) is 0 Å². The molecule has 3 N–H and O–H groups in total. The fourth-order valence-electron chi connectivity index (χ4n) is 1.58. The highest BCUT2D eigenvalue weighted by atomic mass is 32.2. The van der Waals surface area contributed by atoms with Crippen LogP contribution in [0.1, 0.15) is 6.92 Å². The van der Waals surface area contributed by atoms with Crippen LogP contribution < -0.4 is 15.4 Å². The number of carbonyl (C=O) groups excluding carboxylic acids is 3. The van der Waals surface area contributed by atoms with Crippen molar-refractivity contribution >= 4 is 27.8 Å². The Kier molecular flexibility index (Phi) is 7.95. The van der Waals surface area contributed by atoms with Gasteiger partial charge in [0.05, 0.1) is 6.54 Å². The van der Waals surface area contributed by atoms with E-state index in [0.29, 0.717) is 6.54 Å². The second kappa shape index (κ2) is 9.69. The molecule has 0 saturated carbocycles. The second-order valence-corrected chi connectivity index (χ2v) is 6.38. The topological polar surface area (TPSA) is 131 Å². The zero-order chi connectivity index (χ0) is 18.9. The summed E-state index contributed by atoms with van der Waals surface area (Å²) >= 11 is 0. The maximum atomic E-state index is 13.4. The third kappa shape index (κ3) is 7.27. The van der Waals surface area contributed by atoms with E-state index in [1.165, 1.54) is 12.1 Å². The zero-order valence-corrected chi connectivity index (χ0v) is 14.2. The van der Waals surface area contributed by atoms with Crippen molar-refractivity contribution in [1.82, 2.24) is 15.4 Å². The number of halogens is 1. The van der Waals surface area contributed by atoms with E-state index < -0.39 is 51.7 Å². The van der Waals surface area contributed by atoms with Gasteiger partial charge in [0.2, 0.25) is 15.9 Å². The first kappa shape index (κ1) is 20.5. The average molecular weight is 375 g/mol. The molecule has 1 rings (SSSR count). The van der Waals surface area contributed by atoms with Crippen molar-refractivity contribution in [1.29, 1.82) is 0 Å². The van der Waals surface area contributed by atoms with Gasteiger partial charge in [-0.3, -0.25) is 14.4 Å². The van der Waals surface area contributed by atoms with E-state index in [0.717, 1.165) is 12.1 Å². The Morgan fingerprint density at radius 3 is 2.40 bits per heavy atom. The third-order valence-electron chi connectivity index (χ3n) is 2.72. The molecular weight excluding hydrogens is 357 g/mol. The lowest BCUT2D eigenvalue weighted by Crippen LogP contribution is -2.39. The summed E-state index contributed by atoms with van der Waals surface area (Å²) in [5.74, 6) is -3.13. The Hall–Kier alpha value is -2.53. The number of rotatable bonds is 9. The van der Waals surface area contributed by atoms with E-state index in [9.17, 15) is 27.2 Å². The maximum Gasteiger partial charge on any atom is 0.321 e. The first-order chi connectivity index (χ1) is 11.8. The van der Waals surface area contributed by atoms with Gasteiger partial charge in [-0.1, -0.05) is 12.1 Å². The van der Waals surface area contributed by atoms with Crippen LogP contribution in [0.15, 0.2) is 29.2 Å². The van der Waals surface area contributed by atoms with Crippen molar-refractivity contribution in [2.45, 2.75) is 11.8 Å². The van der Waals surface area contributed by atoms with Crippen LogP contribution in [-0.2, 0) is 29.1 Å². The van der Waals surface area contributed by atoms with Gasteiger partial charge in [-0.25, -0.2) is 12.8 Å². The molecule has 0 heterocycles. The second-order valence-electron chi connectivity index (χ2n) is 4.65. The minimum Gasteiger partial charge on any atom is -0.455 e. The van der Waals surface area contributed by atoms with E-state index in [1.54, 1.807) is 6.92 Å². The van der Waals surface area contributed by atoms with Crippen molar-refractivity contribution in [3.63, 3.8) is 0 Å². The van der Waals surface area contributed by atoms with Crippen molar-refractivity contribution < 1.29 is 31.9 Å². The Bertz CT molecular complexity index is 738. The Morgan fingerprint density at radius 2 is 1.76 bits per heavy atom. The van der Waals surface area contributed by atoms with E-state index >= 15 is 0 Å². The molecule has 9 nitrogen and oxygen atoms in total. The Morgan fingerprint density at radius 1 is 1.08 bits per heavy atom. The van der Waals surface area contributed by atoms with E-state index in [1.807, 2.05) is 4.72 Å². The molecule has 0 fully saturated rings. The van der Waals surface area contributed by atoms with Crippen LogP contribution in [0.25, 0.3) is 0 Å². The van der Waals surface area contributed by atoms with Gasteiger partial charge >= 0.3 is 5.97 Å². The molecule has 0 unspecified atom stereocenters. The molecule has 0 aliphatic carbocycles. The quantitative estimate of drug-likeness (QED) is 0.470. The summed E-state index contributed by atoms with van der Waals surface area (Å²) in [6.07, 6.45) is 0. The normalized spacial score (nSPS) is 10.8. The predicted octanol–water partition coefficient (Wildman–Crippen LogP) is -1.10. The molecule has 0 aliphatic rings. The van der Waals surface area contributed by atoms with Crippen LogP contribution in [0.5, 0.6) is 0 Å². The monoisotopic (exact) mass is 375 g/mol. The number of nitrogens with one attached hydrogen (secondary N) is 3. The highest BCUT2D eigenvalue weighted by molar-refractivity contribution is 7.89. The summed E-state index contributed by atoms with van der Waals surface area (Å²) in [5.41, 5.74) is 0. The van der Waals surface area contributed by atoms with Crippen LogP contribution in [0, 0.1) is 5.82 Å². The highest BCUT2D eigenvalue weighted by Crippen LogP contribution is 2.12. The van der Waals surface area contributed by atoms with E-state index in [2.05, 4.69) is 15.4 Å². The smallest absolute Gasteiger partial charge is 0.321 e. The van der Waals surface area contributed by atoms with Crippen LogP contribution >= 0.6 is 0 Å². The molecule has 0 bridgehead atoms. The van der Waals surface area contributed by atoms with Gasteiger partial charge in [-0.05, 0) is 19.1 Å². The van der Waals surface area contributed by atoms with Gasteiger partial charge in [-0.2, -0.15) is 4.72 Å². The molecule has 0 aliphatic heterocycles. The molecular formula is C14H18FN3O6S. The zero-order valence-electron chi connectivity index (χ0n) is 13.4. The summed E-state index contributed by atoms with van der Waals surface area (Å²) in [7, 11) is -4.23. The number of sulfonamides is 1. The lowest BCUT2D eigenvalue weighted by molar-refractivity contribution is -0.147. The average Bonchev–Trinajstić information content (AvgIpc) is 2.57. The van der Waals surface area contributed by atoms with Gasteiger partial charge in [0.15, 0.2) is 6.61 Å². The molecule has 0 radical (unpaired) electrons. The van der Waals surface area contributed by atoms with Crippen LogP contribution in [-0.4, -0.2) is 52.4 Å². The van der Waals surface area contributed by atoms with Gasteiger partial charge in [0, 0.05) is 6.54 Å². The van der Waals surface area contributed by atoms with Gasteiger partial charge < -0.3 is 15.4 Å². The summed E-state index contributed by atoms with van der Waals surface area (Å²) < 4.78 is 43.6. The number of likely N-dealkylation sites (N-methyl/N-ethyl adjacent to an activating group) is 1. The number of carbonyl (C=O) groups is 3. The highest BCUT2D eigenvalue weighted by Gasteiger charge is 2.20. The first-order valence-electron chi connectivity index (χ1n) is 7.19. The largest absolute Gasteiger partial charge is 0.455 e. The molecule has 1 aromatic rings. The number of amides is 2. The molecule has 2 amide bonds. The first-order valence-corrected chi connectivity index (χ1v) is 8.67. The third-order valence-corrected chi connectivity index (χ3v) is 4.15. The van der Waals surface area contributed by atoms with Gasteiger partial charge in [0.25, 0.3) is 5.91 Å². The number of hydrogen-bond acceptors (Lipinski definition) is 6. The Labute approximate surface area is 144 Å². The standard InChI is InChI=1S/C14H18FN3O6S/c1-2-16-12(19)7-17-13(20)9-24-14(21)8-18-25(22,23)11-6-4-3-5-10(11)15/h3-6,18H,2,7-9H2,1H3,(H,16,19)(H,17,20). The molecule has 0 spiro atoms. The van der Waals surface area contributed by atoms with Gasteiger partial charge in [0.1, 0.15) is 17.3 Å². The molecule has 0 atom stereocenters. The summed E-state index contributed by atoms with van der Waals surface area (Å²) in [6, 6.07) is 4.65. The summed E-state index contributed by atoms with van der Waals surface area (Å²) in [4.78, 5) is 33.3. The molecule has 0 saturated heterocycles. The number of benzene rings is 1. The fourth-order valence-corrected chi connectivity index (χ4v) is 2.63. The molecule has 11 heteroatoms. The van der Waals surface area contributed by atoms with Crippen LogP contribution in [0.2, 0.25) is 0 Å². The molecule has 0 aromatic heterocycles. The molecule has 25 heavy (non-hydrogen) atoms. The predicted molar refractivity (Wildman–Crippen MR) is 84.2 cm³/mol. The minimum atomic E-state index is -4.23. The maximum absolute atomic E-state index is 13.4. The molecule has 1 aromatic carbocycles. The molecule has 138 valence electrons. The van der Waals surface area contributed by atoms with Crippen LogP contribution in [0.3, 0.4) is 0 Å². The number of ether oxygens (including phenoxy) is 1. The van der Waals surface area contributed by atoms with Crippen molar-refractivity contribution in [3.05, 3.63) is 30.1 Å². The summed E-state index contributed by atoms with van der Waals surface area (Å²) in [6.45, 7) is 0.389. The van der Waals surface area contributed by atoms with Crippen molar-refractivity contribution in [2.24, 2.45) is 0 Å². The number of hydrogen-bond donors (Lipinski definition) is 3. The summed E-state index contributed by atoms with van der Waals surface area (Å²) in [5, 5.41) is 4.67. The SMILES string of the molecule is CCNC(=O)CNC(=O)COC(=O)CNS(=O)(=O)c1ccccc1F. The lowest BCUT2D eigenvalue weighted by Gasteiger charge is -2.08. The van der Waals surface area contributed by atoms with Crippen molar-refractivity contribution in [3.8, 4) is 0 Å². The van der Waals surface area contributed by atoms with Gasteiger partial charge in [-0.15, -0.1) is 0 Å². The van der Waals surface area contributed by atoms with Crippen LogP contribution in [0.4, 0.5) is 4.39 Å².